The van der Waals surface area contributed by atoms with E-state index in [1.165, 1.54) is 5.56 Å². The van der Waals surface area contributed by atoms with Crippen molar-refractivity contribution in [3.8, 4) is 5.75 Å². The number of anilines is 1. The van der Waals surface area contributed by atoms with Crippen molar-refractivity contribution in [3.63, 3.8) is 0 Å². The lowest BCUT2D eigenvalue weighted by Crippen LogP contribution is -2.31. The van der Waals surface area contributed by atoms with Crippen molar-refractivity contribution in [2.75, 3.05) is 12.4 Å². The second-order valence-electron chi connectivity index (χ2n) is 5.80. The van der Waals surface area contributed by atoms with Crippen LogP contribution in [0.15, 0.2) is 48.5 Å². The predicted molar refractivity (Wildman–Crippen MR) is 93.7 cm³/mol. The van der Waals surface area contributed by atoms with Gasteiger partial charge in [-0.3, -0.25) is 4.79 Å². The van der Waals surface area contributed by atoms with E-state index in [1.54, 1.807) is 7.11 Å². The fourth-order valence-corrected chi connectivity index (χ4v) is 2.25. The number of ether oxygens (including phenoxy) is 1. The van der Waals surface area contributed by atoms with E-state index in [2.05, 4.69) is 10.6 Å². The third-order valence-electron chi connectivity index (χ3n) is 3.42. The highest BCUT2D eigenvalue weighted by molar-refractivity contribution is 5.78. The van der Waals surface area contributed by atoms with Crippen molar-refractivity contribution in [1.29, 1.82) is 0 Å². The Balaban J connectivity index is 1.85. The van der Waals surface area contributed by atoms with E-state index in [0.717, 1.165) is 23.5 Å². The van der Waals surface area contributed by atoms with Crippen molar-refractivity contribution in [2.45, 2.75) is 32.9 Å². The summed E-state index contributed by atoms with van der Waals surface area (Å²) in [7, 11) is 1.66. The summed E-state index contributed by atoms with van der Waals surface area (Å²) in [5, 5.41) is 6.27. The van der Waals surface area contributed by atoms with Crippen LogP contribution in [-0.4, -0.2) is 19.1 Å². The average molecular weight is 312 g/mol. The van der Waals surface area contributed by atoms with E-state index in [9.17, 15) is 4.79 Å². The summed E-state index contributed by atoms with van der Waals surface area (Å²) in [4.78, 5) is 11.7. The molecule has 0 fully saturated rings. The van der Waals surface area contributed by atoms with E-state index in [0.29, 0.717) is 6.42 Å². The first-order valence-corrected chi connectivity index (χ1v) is 7.82. The summed E-state index contributed by atoms with van der Waals surface area (Å²) in [6.45, 7) is 4.67. The van der Waals surface area contributed by atoms with Gasteiger partial charge in [0.25, 0.3) is 0 Å². The molecule has 0 bridgehead atoms. The molecule has 2 aromatic carbocycles. The molecule has 0 aliphatic rings. The standard InChI is InChI=1S/C19H24N2O2/c1-14(2)21-19(22)12-15-4-8-17(9-5-15)20-13-16-6-10-18(23-3)11-7-16/h4-11,14,20H,12-13H2,1-3H3,(H,21,22). The number of methoxy groups -OCH3 is 1. The van der Waals surface area contributed by atoms with Gasteiger partial charge in [0.15, 0.2) is 0 Å². The van der Waals surface area contributed by atoms with Crippen LogP contribution in [0.5, 0.6) is 5.75 Å². The predicted octanol–water partition coefficient (Wildman–Crippen LogP) is 3.37. The Morgan fingerprint density at radius 2 is 1.61 bits per heavy atom. The zero-order chi connectivity index (χ0) is 16.7. The second kappa shape index (κ2) is 8.22. The summed E-state index contributed by atoms with van der Waals surface area (Å²) in [5.41, 5.74) is 3.23. The first-order chi connectivity index (χ1) is 11.1. The molecule has 0 saturated heterocycles. The third-order valence-corrected chi connectivity index (χ3v) is 3.42. The Hall–Kier alpha value is -2.49. The molecule has 0 heterocycles. The lowest BCUT2D eigenvalue weighted by Gasteiger charge is -2.10. The van der Waals surface area contributed by atoms with E-state index in [-0.39, 0.29) is 11.9 Å². The zero-order valence-corrected chi connectivity index (χ0v) is 13.9. The Morgan fingerprint density at radius 1 is 1.00 bits per heavy atom. The Bertz CT molecular complexity index is 619. The maximum absolute atomic E-state index is 11.7. The fourth-order valence-electron chi connectivity index (χ4n) is 2.25. The Kier molecular flexibility index (Phi) is 6.03. The average Bonchev–Trinajstić information content (AvgIpc) is 2.54. The van der Waals surface area contributed by atoms with Crippen LogP contribution in [-0.2, 0) is 17.8 Å². The second-order valence-corrected chi connectivity index (χ2v) is 5.80. The fraction of sp³-hybridized carbons (Fsp3) is 0.316. The molecule has 0 aliphatic carbocycles. The molecule has 0 unspecified atom stereocenters. The summed E-state index contributed by atoms with van der Waals surface area (Å²) in [5.74, 6) is 0.914. The monoisotopic (exact) mass is 312 g/mol. The first-order valence-electron chi connectivity index (χ1n) is 7.82. The van der Waals surface area contributed by atoms with Crippen molar-refractivity contribution >= 4 is 11.6 Å². The molecule has 2 aromatic rings. The number of carbonyl (C=O) groups excluding carboxylic acids is 1. The number of hydrogen-bond acceptors (Lipinski definition) is 3. The highest BCUT2D eigenvalue weighted by Gasteiger charge is 2.04. The lowest BCUT2D eigenvalue weighted by molar-refractivity contribution is -0.120. The van der Waals surface area contributed by atoms with Gasteiger partial charge in [-0.25, -0.2) is 0 Å². The maximum atomic E-state index is 11.7. The first kappa shape index (κ1) is 16.9. The normalized spacial score (nSPS) is 10.4. The summed E-state index contributed by atoms with van der Waals surface area (Å²) in [6.07, 6.45) is 0.414. The van der Waals surface area contributed by atoms with Crippen molar-refractivity contribution < 1.29 is 9.53 Å². The van der Waals surface area contributed by atoms with E-state index >= 15 is 0 Å². The molecular formula is C19H24N2O2. The Labute approximate surface area is 137 Å². The highest BCUT2D eigenvalue weighted by Crippen LogP contribution is 2.14. The largest absolute Gasteiger partial charge is 0.497 e. The molecule has 1 amide bonds. The smallest absolute Gasteiger partial charge is 0.224 e. The summed E-state index contributed by atoms with van der Waals surface area (Å²) >= 11 is 0. The number of nitrogens with one attached hydrogen (secondary N) is 2. The van der Waals surface area contributed by atoms with Crippen LogP contribution in [0.3, 0.4) is 0 Å². The molecule has 0 atom stereocenters. The summed E-state index contributed by atoms with van der Waals surface area (Å²) in [6, 6.07) is 16.1. The van der Waals surface area contributed by atoms with Crippen molar-refractivity contribution in [1.82, 2.24) is 5.32 Å². The molecule has 0 radical (unpaired) electrons. The van der Waals surface area contributed by atoms with Gasteiger partial charge in [-0.1, -0.05) is 24.3 Å². The highest BCUT2D eigenvalue weighted by atomic mass is 16.5. The van der Waals surface area contributed by atoms with Crippen LogP contribution >= 0.6 is 0 Å². The minimum Gasteiger partial charge on any atom is -0.497 e. The zero-order valence-electron chi connectivity index (χ0n) is 13.9. The van der Waals surface area contributed by atoms with Gasteiger partial charge in [0, 0.05) is 18.3 Å². The van der Waals surface area contributed by atoms with Gasteiger partial charge in [0.1, 0.15) is 5.75 Å². The van der Waals surface area contributed by atoms with Crippen LogP contribution in [0.4, 0.5) is 5.69 Å². The quantitative estimate of drug-likeness (QED) is 0.824. The van der Waals surface area contributed by atoms with Gasteiger partial charge in [0.2, 0.25) is 5.91 Å². The molecule has 2 N–H and O–H groups in total. The topological polar surface area (TPSA) is 50.4 Å². The lowest BCUT2D eigenvalue weighted by atomic mass is 10.1. The van der Waals surface area contributed by atoms with E-state index in [4.69, 9.17) is 4.74 Å². The van der Waals surface area contributed by atoms with Crippen LogP contribution in [0.1, 0.15) is 25.0 Å². The molecule has 0 spiro atoms. The number of hydrogen-bond donors (Lipinski definition) is 2. The van der Waals surface area contributed by atoms with Crippen molar-refractivity contribution in [2.24, 2.45) is 0 Å². The van der Waals surface area contributed by atoms with Gasteiger partial charge in [-0.05, 0) is 49.2 Å². The van der Waals surface area contributed by atoms with Gasteiger partial charge >= 0.3 is 0 Å². The van der Waals surface area contributed by atoms with Gasteiger partial charge < -0.3 is 15.4 Å². The van der Waals surface area contributed by atoms with E-state index in [1.807, 2.05) is 62.4 Å². The molecule has 2 rings (SSSR count). The van der Waals surface area contributed by atoms with Gasteiger partial charge in [-0.2, -0.15) is 0 Å². The van der Waals surface area contributed by atoms with Crippen LogP contribution in [0.25, 0.3) is 0 Å². The minimum absolute atomic E-state index is 0.0546. The van der Waals surface area contributed by atoms with E-state index < -0.39 is 0 Å². The SMILES string of the molecule is COc1ccc(CNc2ccc(CC(=O)NC(C)C)cc2)cc1. The Morgan fingerprint density at radius 3 is 2.17 bits per heavy atom. The maximum Gasteiger partial charge on any atom is 0.224 e. The molecule has 4 nitrogen and oxygen atoms in total. The molecule has 0 aromatic heterocycles. The van der Waals surface area contributed by atoms with Crippen molar-refractivity contribution in [3.05, 3.63) is 59.7 Å². The van der Waals surface area contributed by atoms with Crippen LogP contribution < -0.4 is 15.4 Å². The van der Waals surface area contributed by atoms with Crippen LogP contribution in [0.2, 0.25) is 0 Å². The number of amides is 1. The minimum atomic E-state index is 0.0546. The van der Waals surface area contributed by atoms with Crippen LogP contribution in [0, 0.1) is 0 Å². The van der Waals surface area contributed by atoms with Gasteiger partial charge in [0.05, 0.1) is 13.5 Å². The molecule has 122 valence electrons. The number of rotatable bonds is 7. The molecule has 0 aliphatic heterocycles. The number of benzene rings is 2. The number of carbonyl (C=O) groups is 1. The summed E-state index contributed by atoms with van der Waals surface area (Å²) < 4.78 is 5.15. The third kappa shape index (κ3) is 5.66. The molecule has 23 heavy (non-hydrogen) atoms. The van der Waals surface area contributed by atoms with Gasteiger partial charge in [-0.15, -0.1) is 0 Å². The molecule has 0 saturated carbocycles. The molecular weight excluding hydrogens is 288 g/mol. The molecule has 4 heteroatoms.